The van der Waals surface area contributed by atoms with Gasteiger partial charge in [0.05, 0.1) is 12.2 Å². The summed E-state index contributed by atoms with van der Waals surface area (Å²) in [6.07, 6.45) is -3.55. The van der Waals surface area contributed by atoms with Crippen molar-refractivity contribution in [3.8, 4) is 5.75 Å². The number of alkyl halides is 3. The lowest BCUT2D eigenvalue weighted by atomic mass is 10.2. The van der Waals surface area contributed by atoms with Gasteiger partial charge in [-0.1, -0.05) is 19.1 Å². The molecule has 118 valence electrons. The fraction of sp³-hybridized carbons (Fsp3) is 0.500. The van der Waals surface area contributed by atoms with Gasteiger partial charge in [0.1, 0.15) is 5.75 Å². The minimum atomic E-state index is -4.42. The van der Waals surface area contributed by atoms with E-state index in [0.29, 0.717) is 0 Å². The van der Waals surface area contributed by atoms with Crippen LogP contribution in [0.2, 0.25) is 0 Å². The number of hydrogen-bond acceptors (Lipinski definition) is 3. The zero-order chi connectivity index (χ0) is 15.9. The lowest BCUT2D eigenvalue weighted by Crippen LogP contribution is -2.34. The van der Waals surface area contributed by atoms with Crippen LogP contribution >= 0.6 is 0 Å². The van der Waals surface area contributed by atoms with E-state index in [1.54, 1.807) is 12.1 Å². The predicted octanol–water partition coefficient (Wildman–Crippen LogP) is 2.95. The first-order chi connectivity index (χ1) is 9.81. The number of para-hydroxylation sites is 2. The second-order valence-electron chi connectivity index (χ2n) is 4.64. The number of rotatable bonds is 7. The summed E-state index contributed by atoms with van der Waals surface area (Å²) in [5, 5.41) is 5.53. The Bertz CT molecular complexity index is 464. The highest BCUT2D eigenvalue weighted by atomic mass is 19.4. The molecule has 1 atom stereocenters. The van der Waals surface area contributed by atoms with Crippen LogP contribution in [-0.4, -0.2) is 31.3 Å². The molecule has 1 aromatic carbocycles. The zero-order valence-corrected chi connectivity index (χ0v) is 12.0. The first kappa shape index (κ1) is 17.3. The molecule has 0 saturated heterocycles. The molecule has 0 aromatic heterocycles. The number of anilines is 1. The van der Waals surface area contributed by atoms with E-state index in [1.165, 1.54) is 12.1 Å². The van der Waals surface area contributed by atoms with Gasteiger partial charge in [0, 0.05) is 6.04 Å². The Morgan fingerprint density at radius 1 is 1.33 bits per heavy atom. The zero-order valence-electron chi connectivity index (χ0n) is 12.0. The second-order valence-corrected chi connectivity index (χ2v) is 4.64. The molecule has 21 heavy (non-hydrogen) atoms. The van der Waals surface area contributed by atoms with Crippen molar-refractivity contribution in [1.29, 1.82) is 0 Å². The highest BCUT2D eigenvalue weighted by Crippen LogP contribution is 2.26. The number of halogens is 3. The van der Waals surface area contributed by atoms with Gasteiger partial charge in [0.25, 0.3) is 0 Å². The number of hydrogen-bond donors (Lipinski definition) is 2. The summed E-state index contributed by atoms with van der Waals surface area (Å²) in [6.45, 7) is 2.61. The van der Waals surface area contributed by atoms with Crippen LogP contribution in [0, 0.1) is 0 Å². The highest BCUT2D eigenvalue weighted by molar-refractivity contribution is 5.93. The van der Waals surface area contributed by atoms with Crippen LogP contribution in [0.5, 0.6) is 5.75 Å². The summed E-state index contributed by atoms with van der Waals surface area (Å²) < 4.78 is 41.2. The van der Waals surface area contributed by atoms with E-state index in [9.17, 15) is 18.0 Å². The molecule has 0 saturated carbocycles. The highest BCUT2D eigenvalue weighted by Gasteiger charge is 2.28. The number of amides is 1. The molecule has 0 aliphatic rings. The standard InChI is InChI=1S/C14H19F3N2O2/c1-3-10(2)18-8-13(20)19-11-6-4-5-7-12(11)21-9-14(15,16)17/h4-7,10,18H,3,8-9H2,1-2H3,(H,19,20). The molecule has 0 spiro atoms. The minimum Gasteiger partial charge on any atom is -0.482 e. The molecule has 0 bridgehead atoms. The molecule has 2 N–H and O–H groups in total. The first-order valence-corrected chi connectivity index (χ1v) is 6.63. The third-order valence-corrected chi connectivity index (χ3v) is 2.78. The average molecular weight is 304 g/mol. The smallest absolute Gasteiger partial charge is 0.422 e. The molecule has 1 rings (SSSR count). The number of carbonyl (C=O) groups is 1. The first-order valence-electron chi connectivity index (χ1n) is 6.63. The summed E-state index contributed by atoms with van der Waals surface area (Å²) >= 11 is 0. The second kappa shape index (κ2) is 7.87. The number of carbonyl (C=O) groups excluding carboxylic acids is 1. The fourth-order valence-corrected chi connectivity index (χ4v) is 1.46. The van der Waals surface area contributed by atoms with Crippen molar-refractivity contribution in [1.82, 2.24) is 5.32 Å². The van der Waals surface area contributed by atoms with E-state index >= 15 is 0 Å². The Kier molecular flexibility index (Phi) is 6.48. The van der Waals surface area contributed by atoms with Crippen molar-refractivity contribution in [2.75, 3.05) is 18.5 Å². The molecule has 1 aromatic rings. The topological polar surface area (TPSA) is 50.4 Å². The summed E-state index contributed by atoms with van der Waals surface area (Å²) in [6, 6.07) is 6.21. The molecule has 1 unspecified atom stereocenters. The lowest BCUT2D eigenvalue weighted by molar-refractivity contribution is -0.153. The van der Waals surface area contributed by atoms with Crippen LogP contribution in [0.4, 0.5) is 18.9 Å². The summed E-state index contributed by atoms with van der Waals surface area (Å²) in [5.74, 6) is -0.343. The molecule has 1 amide bonds. The largest absolute Gasteiger partial charge is 0.482 e. The lowest BCUT2D eigenvalue weighted by Gasteiger charge is -2.15. The normalized spacial score (nSPS) is 12.8. The molecule has 0 aliphatic carbocycles. The van der Waals surface area contributed by atoms with Crippen LogP contribution in [0.3, 0.4) is 0 Å². The van der Waals surface area contributed by atoms with Crippen LogP contribution in [0.25, 0.3) is 0 Å². The number of ether oxygens (including phenoxy) is 1. The average Bonchev–Trinajstić information content (AvgIpc) is 2.43. The Hall–Kier alpha value is -1.76. The monoisotopic (exact) mass is 304 g/mol. The van der Waals surface area contributed by atoms with Crippen molar-refractivity contribution in [2.24, 2.45) is 0 Å². The molecule has 0 heterocycles. The molecular formula is C14H19F3N2O2. The van der Waals surface area contributed by atoms with Gasteiger partial charge in [-0.25, -0.2) is 0 Å². The summed E-state index contributed by atoms with van der Waals surface area (Å²) in [5.41, 5.74) is 0.220. The van der Waals surface area contributed by atoms with E-state index in [0.717, 1.165) is 6.42 Å². The van der Waals surface area contributed by atoms with Gasteiger partial charge in [-0.3, -0.25) is 4.79 Å². The SMILES string of the molecule is CCC(C)NCC(=O)Nc1ccccc1OCC(F)(F)F. The summed E-state index contributed by atoms with van der Waals surface area (Å²) in [4.78, 5) is 11.7. The maximum absolute atomic E-state index is 12.2. The molecule has 0 radical (unpaired) electrons. The fourth-order valence-electron chi connectivity index (χ4n) is 1.46. The predicted molar refractivity (Wildman–Crippen MR) is 74.4 cm³/mol. The van der Waals surface area contributed by atoms with Crippen molar-refractivity contribution in [2.45, 2.75) is 32.5 Å². The number of benzene rings is 1. The van der Waals surface area contributed by atoms with Crippen molar-refractivity contribution in [3.63, 3.8) is 0 Å². The maximum atomic E-state index is 12.2. The van der Waals surface area contributed by atoms with Gasteiger partial charge in [-0.15, -0.1) is 0 Å². The van der Waals surface area contributed by atoms with Crippen molar-refractivity contribution < 1.29 is 22.7 Å². The maximum Gasteiger partial charge on any atom is 0.422 e. The van der Waals surface area contributed by atoms with E-state index < -0.39 is 12.8 Å². The molecule has 0 aliphatic heterocycles. The quantitative estimate of drug-likeness (QED) is 0.814. The van der Waals surface area contributed by atoms with Gasteiger partial charge in [0.15, 0.2) is 6.61 Å². The summed E-state index contributed by atoms with van der Waals surface area (Å²) in [7, 11) is 0. The van der Waals surface area contributed by atoms with E-state index in [-0.39, 0.29) is 29.9 Å². The van der Waals surface area contributed by atoms with E-state index in [2.05, 4.69) is 15.4 Å². The third kappa shape index (κ3) is 6.99. The molecule has 4 nitrogen and oxygen atoms in total. The Balaban J connectivity index is 2.60. The molecular weight excluding hydrogens is 285 g/mol. The minimum absolute atomic E-state index is 0.00767. The number of nitrogens with one attached hydrogen (secondary N) is 2. The third-order valence-electron chi connectivity index (χ3n) is 2.78. The van der Waals surface area contributed by atoms with Crippen LogP contribution < -0.4 is 15.4 Å². The van der Waals surface area contributed by atoms with Gasteiger partial charge < -0.3 is 15.4 Å². The Morgan fingerprint density at radius 2 is 2.00 bits per heavy atom. The van der Waals surface area contributed by atoms with Gasteiger partial charge >= 0.3 is 6.18 Å². The van der Waals surface area contributed by atoms with E-state index in [1.807, 2.05) is 13.8 Å². The van der Waals surface area contributed by atoms with Gasteiger partial charge in [-0.05, 0) is 25.5 Å². The van der Waals surface area contributed by atoms with Crippen molar-refractivity contribution in [3.05, 3.63) is 24.3 Å². The van der Waals surface area contributed by atoms with Crippen LogP contribution in [-0.2, 0) is 4.79 Å². The Labute approximate surface area is 121 Å². The molecule has 7 heteroatoms. The van der Waals surface area contributed by atoms with Gasteiger partial charge in [-0.2, -0.15) is 13.2 Å². The van der Waals surface area contributed by atoms with Crippen molar-refractivity contribution >= 4 is 11.6 Å². The Morgan fingerprint density at radius 3 is 2.62 bits per heavy atom. The van der Waals surface area contributed by atoms with Gasteiger partial charge in [0.2, 0.25) is 5.91 Å². The molecule has 0 fully saturated rings. The van der Waals surface area contributed by atoms with Crippen LogP contribution in [0.1, 0.15) is 20.3 Å². The van der Waals surface area contributed by atoms with E-state index in [4.69, 9.17) is 0 Å². The van der Waals surface area contributed by atoms with Crippen LogP contribution in [0.15, 0.2) is 24.3 Å².